The summed E-state index contributed by atoms with van der Waals surface area (Å²) in [5, 5.41) is 5.09. The highest BCUT2D eigenvalue weighted by molar-refractivity contribution is 6.08. The molecule has 0 bridgehead atoms. The van der Waals surface area contributed by atoms with Crippen molar-refractivity contribution in [2.45, 2.75) is 38.5 Å². The van der Waals surface area contributed by atoms with Crippen LogP contribution >= 0.6 is 0 Å². The molecule has 1 aliphatic carbocycles. The minimum atomic E-state index is 0.0405. The van der Waals surface area contributed by atoms with E-state index in [0.29, 0.717) is 11.3 Å². The van der Waals surface area contributed by atoms with Crippen molar-refractivity contribution >= 4 is 28.3 Å². The standard InChI is InChI=1S/C21H24N2O2/c24-20(15-9-10-15)22-19-14-17-8-4-3-7-16(17)13-18(19)21(25)23-11-5-1-2-6-12-23/h3-4,7-8,13-15H,1-2,5-6,9-12H2,(H,22,24). The van der Waals surface area contributed by atoms with Gasteiger partial charge in [0.1, 0.15) is 0 Å². The number of hydrogen-bond acceptors (Lipinski definition) is 2. The minimum absolute atomic E-state index is 0.0405. The number of fused-ring (bicyclic) bond motifs is 1. The summed E-state index contributed by atoms with van der Waals surface area (Å²) in [7, 11) is 0. The van der Waals surface area contributed by atoms with Gasteiger partial charge in [-0.25, -0.2) is 0 Å². The van der Waals surface area contributed by atoms with E-state index in [0.717, 1.165) is 49.5 Å². The molecule has 25 heavy (non-hydrogen) atoms. The molecule has 2 amide bonds. The second-order valence-electron chi connectivity index (χ2n) is 7.21. The Morgan fingerprint density at radius 1 is 0.920 bits per heavy atom. The molecule has 0 atom stereocenters. The molecule has 1 saturated carbocycles. The number of nitrogens with zero attached hydrogens (tertiary/aromatic N) is 1. The van der Waals surface area contributed by atoms with Gasteiger partial charge in [0.05, 0.1) is 11.3 Å². The molecule has 1 saturated heterocycles. The van der Waals surface area contributed by atoms with Crippen LogP contribution in [0.15, 0.2) is 36.4 Å². The summed E-state index contributed by atoms with van der Waals surface area (Å²) in [4.78, 5) is 27.4. The molecule has 4 heteroatoms. The average Bonchev–Trinajstić information content (AvgIpc) is 3.47. The molecule has 4 rings (SSSR count). The number of carbonyl (C=O) groups is 2. The van der Waals surface area contributed by atoms with E-state index in [1.807, 2.05) is 41.3 Å². The molecule has 1 N–H and O–H groups in total. The number of anilines is 1. The molecule has 2 fully saturated rings. The summed E-state index contributed by atoms with van der Waals surface area (Å²) in [6.07, 6.45) is 6.40. The van der Waals surface area contributed by atoms with Gasteiger partial charge in [0.2, 0.25) is 5.91 Å². The first-order valence-electron chi connectivity index (χ1n) is 9.35. The number of likely N-dealkylation sites (tertiary alicyclic amines) is 1. The Bertz CT molecular complexity index is 803. The lowest BCUT2D eigenvalue weighted by Gasteiger charge is -2.22. The van der Waals surface area contributed by atoms with Crippen molar-refractivity contribution < 1.29 is 9.59 Å². The first kappa shape index (κ1) is 16.1. The normalized spacial score (nSPS) is 18.0. The molecular formula is C21H24N2O2. The fraction of sp³-hybridized carbons (Fsp3) is 0.429. The summed E-state index contributed by atoms with van der Waals surface area (Å²) >= 11 is 0. The molecule has 130 valence electrons. The fourth-order valence-corrected chi connectivity index (χ4v) is 3.55. The van der Waals surface area contributed by atoms with Crippen LogP contribution in [0, 0.1) is 5.92 Å². The highest BCUT2D eigenvalue weighted by Crippen LogP contribution is 2.32. The predicted molar refractivity (Wildman–Crippen MR) is 99.7 cm³/mol. The highest BCUT2D eigenvalue weighted by Gasteiger charge is 2.31. The number of amides is 2. The van der Waals surface area contributed by atoms with Gasteiger partial charge in [-0.05, 0) is 48.6 Å². The third-order valence-corrected chi connectivity index (χ3v) is 5.22. The van der Waals surface area contributed by atoms with Crippen molar-refractivity contribution in [3.05, 3.63) is 42.0 Å². The van der Waals surface area contributed by atoms with Gasteiger partial charge in [0.25, 0.3) is 5.91 Å². The number of hydrogen-bond donors (Lipinski definition) is 1. The quantitative estimate of drug-likeness (QED) is 0.913. The van der Waals surface area contributed by atoms with E-state index in [4.69, 9.17) is 0 Å². The van der Waals surface area contributed by atoms with E-state index in [-0.39, 0.29) is 17.7 Å². The van der Waals surface area contributed by atoms with Gasteiger partial charge < -0.3 is 10.2 Å². The zero-order valence-corrected chi connectivity index (χ0v) is 14.5. The van der Waals surface area contributed by atoms with Crippen molar-refractivity contribution in [2.75, 3.05) is 18.4 Å². The van der Waals surface area contributed by atoms with Gasteiger partial charge in [-0.15, -0.1) is 0 Å². The van der Waals surface area contributed by atoms with Crippen molar-refractivity contribution in [3.8, 4) is 0 Å². The molecule has 2 aliphatic rings. The van der Waals surface area contributed by atoms with Crippen molar-refractivity contribution in [3.63, 3.8) is 0 Å². The van der Waals surface area contributed by atoms with E-state index in [9.17, 15) is 9.59 Å². The van der Waals surface area contributed by atoms with Crippen molar-refractivity contribution in [2.24, 2.45) is 5.92 Å². The summed E-state index contributed by atoms with van der Waals surface area (Å²) in [6.45, 7) is 1.61. The maximum absolute atomic E-state index is 13.2. The first-order chi connectivity index (χ1) is 12.2. The van der Waals surface area contributed by atoms with Gasteiger partial charge in [-0.3, -0.25) is 9.59 Å². The second-order valence-corrected chi connectivity index (χ2v) is 7.21. The Balaban J connectivity index is 1.70. The van der Waals surface area contributed by atoms with Gasteiger partial charge in [-0.1, -0.05) is 37.1 Å². The number of benzene rings is 2. The fourth-order valence-electron chi connectivity index (χ4n) is 3.55. The average molecular weight is 336 g/mol. The smallest absolute Gasteiger partial charge is 0.255 e. The molecule has 2 aromatic rings. The Morgan fingerprint density at radius 2 is 1.56 bits per heavy atom. The Morgan fingerprint density at radius 3 is 2.20 bits per heavy atom. The third kappa shape index (κ3) is 3.53. The minimum Gasteiger partial charge on any atom is -0.339 e. The van der Waals surface area contributed by atoms with Gasteiger partial charge in [0.15, 0.2) is 0 Å². The molecule has 0 unspecified atom stereocenters. The van der Waals surface area contributed by atoms with Crippen LogP contribution < -0.4 is 5.32 Å². The van der Waals surface area contributed by atoms with Gasteiger partial charge in [-0.2, -0.15) is 0 Å². The van der Waals surface area contributed by atoms with Crippen molar-refractivity contribution in [1.82, 2.24) is 4.90 Å². The zero-order chi connectivity index (χ0) is 17.2. The first-order valence-corrected chi connectivity index (χ1v) is 9.35. The number of nitrogens with one attached hydrogen (secondary N) is 1. The molecule has 0 aromatic heterocycles. The van der Waals surface area contributed by atoms with E-state index in [1.165, 1.54) is 12.8 Å². The van der Waals surface area contributed by atoms with Crippen LogP contribution in [0.2, 0.25) is 0 Å². The molecule has 1 heterocycles. The molecule has 0 spiro atoms. The van der Waals surface area contributed by atoms with Crippen LogP contribution in [-0.2, 0) is 4.79 Å². The van der Waals surface area contributed by atoms with Crippen LogP contribution in [0.25, 0.3) is 10.8 Å². The van der Waals surface area contributed by atoms with Gasteiger partial charge in [0, 0.05) is 19.0 Å². The lowest BCUT2D eigenvalue weighted by atomic mass is 10.0. The molecular weight excluding hydrogens is 312 g/mol. The SMILES string of the molecule is O=C(Nc1cc2ccccc2cc1C(=O)N1CCCCCC1)C1CC1. The maximum atomic E-state index is 13.2. The Hall–Kier alpha value is -2.36. The van der Waals surface area contributed by atoms with Crippen LogP contribution in [0.5, 0.6) is 0 Å². The molecule has 4 nitrogen and oxygen atoms in total. The van der Waals surface area contributed by atoms with E-state index >= 15 is 0 Å². The second kappa shape index (κ2) is 6.87. The van der Waals surface area contributed by atoms with Crippen molar-refractivity contribution in [1.29, 1.82) is 0 Å². The van der Waals surface area contributed by atoms with E-state index in [2.05, 4.69) is 5.32 Å². The van der Waals surface area contributed by atoms with Gasteiger partial charge >= 0.3 is 0 Å². The van der Waals surface area contributed by atoms with Crippen LogP contribution in [-0.4, -0.2) is 29.8 Å². The number of carbonyl (C=O) groups excluding carboxylic acids is 2. The molecule has 1 aliphatic heterocycles. The molecule has 2 aromatic carbocycles. The van der Waals surface area contributed by atoms with E-state index in [1.54, 1.807) is 0 Å². The Kier molecular flexibility index (Phi) is 4.43. The van der Waals surface area contributed by atoms with Crippen LogP contribution in [0.4, 0.5) is 5.69 Å². The zero-order valence-electron chi connectivity index (χ0n) is 14.5. The predicted octanol–water partition coefficient (Wildman–Crippen LogP) is 4.20. The lowest BCUT2D eigenvalue weighted by molar-refractivity contribution is -0.117. The largest absolute Gasteiger partial charge is 0.339 e. The monoisotopic (exact) mass is 336 g/mol. The lowest BCUT2D eigenvalue weighted by Crippen LogP contribution is -2.32. The topological polar surface area (TPSA) is 49.4 Å². The highest BCUT2D eigenvalue weighted by atomic mass is 16.2. The summed E-state index contributed by atoms with van der Waals surface area (Å²) in [5.41, 5.74) is 1.28. The van der Waals surface area contributed by atoms with Crippen LogP contribution in [0.1, 0.15) is 48.9 Å². The third-order valence-electron chi connectivity index (χ3n) is 5.22. The molecule has 0 radical (unpaired) electrons. The Labute approximate surface area is 148 Å². The summed E-state index contributed by atoms with van der Waals surface area (Å²) in [6, 6.07) is 11.9. The number of rotatable bonds is 3. The maximum Gasteiger partial charge on any atom is 0.255 e. The van der Waals surface area contributed by atoms with Crippen LogP contribution in [0.3, 0.4) is 0 Å². The summed E-state index contributed by atoms with van der Waals surface area (Å²) in [5.74, 6) is 0.201. The van der Waals surface area contributed by atoms with E-state index < -0.39 is 0 Å². The summed E-state index contributed by atoms with van der Waals surface area (Å²) < 4.78 is 0.